The largest absolute Gasteiger partial charge is 0.264 e. The zero-order chi connectivity index (χ0) is 17.2. The van der Waals surface area contributed by atoms with Crippen LogP contribution in [-0.2, 0) is 16.4 Å². The minimum Gasteiger partial charge on any atom is -0.264 e. The van der Waals surface area contributed by atoms with Crippen molar-refractivity contribution in [2.24, 2.45) is 0 Å². The summed E-state index contributed by atoms with van der Waals surface area (Å²) in [5.41, 5.74) is 7.78. The van der Waals surface area contributed by atoms with Crippen LogP contribution in [0.5, 0.6) is 0 Å². The lowest BCUT2D eigenvalue weighted by Gasteiger charge is -2.18. The average molecular weight is 368 g/mol. The van der Waals surface area contributed by atoms with Crippen molar-refractivity contribution in [3.05, 3.63) is 34.9 Å². The van der Waals surface area contributed by atoms with Crippen LogP contribution in [0, 0.1) is 0 Å². The summed E-state index contributed by atoms with van der Waals surface area (Å²) in [4.78, 5) is 8.63. The van der Waals surface area contributed by atoms with Crippen molar-refractivity contribution in [1.29, 1.82) is 0 Å². The van der Waals surface area contributed by atoms with E-state index in [4.69, 9.17) is 0 Å². The van der Waals surface area contributed by atoms with E-state index in [1.54, 1.807) is 12.4 Å². The van der Waals surface area contributed by atoms with Crippen LogP contribution < -0.4 is 15.6 Å². The average Bonchev–Trinajstić information content (AvgIpc) is 3.15. The predicted octanol–water partition coefficient (Wildman–Crippen LogP) is 0.920. The number of hydrogen-bond donors (Lipinski definition) is 3. The molecule has 3 N–H and O–H groups in total. The normalized spacial score (nSPS) is 24.3. The number of sulfonamides is 1. The van der Waals surface area contributed by atoms with E-state index >= 15 is 0 Å². The van der Waals surface area contributed by atoms with Crippen molar-refractivity contribution in [3.8, 4) is 11.3 Å². The van der Waals surface area contributed by atoms with E-state index in [1.807, 2.05) is 31.4 Å². The molecule has 1 fully saturated rings. The third-order valence-corrected chi connectivity index (χ3v) is 7.08. The molecule has 1 aliphatic rings. The molecule has 1 saturated heterocycles. The quantitative estimate of drug-likeness (QED) is 0.703. The van der Waals surface area contributed by atoms with Crippen LogP contribution in [-0.4, -0.2) is 42.3 Å². The fourth-order valence-electron chi connectivity index (χ4n) is 2.87. The molecule has 1 aliphatic heterocycles. The number of nitrogens with one attached hydrogen (secondary N) is 3. The van der Waals surface area contributed by atoms with Gasteiger partial charge in [0.25, 0.3) is 0 Å². The Kier molecular flexibility index (Phi) is 5.26. The van der Waals surface area contributed by atoms with Crippen molar-refractivity contribution in [2.45, 2.75) is 37.6 Å². The molecule has 0 amide bonds. The third-order valence-electron chi connectivity index (χ3n) is 4.03. The number of thiazole rings is 1. The van der Waals surface area contributed by atoms with E-state index in [1.165, 1.54) is 11.3 Å². The zero-order valence-corrected chi connectivity index (χ0v) is 15.2. The van der Waals surface area contributed by atoms with Gasteiger partial charge >= 0.3 is 0 Å². The Morgan fingerprint density at radius 3 is 2.71 bits per heavy atom. The van der Waals surface area contributed by atoms with Gasteiger partial charge in [-0.3, -0.25) is 15.8 Å². The van der Waals surface area contributed by atoms with Gasteiger partial charge in [0.1, 0.15) is 5.25 Å². The van der Waals surface area contributed by atoms with Crippen LogP contribution in [0.15, 0.2) is 29.9 Å². The van der Waals surface area contributed by atoms with Gasteiger partial charge < -0.3 is 0 Å². The van der Waals surface area contributed by atoms with E-state index in [0.717, 1.165) is 16.3 Å². The zero-order valence-electron chi connectivity index (χ0n) is 13.6. The maximum Gasteiger partial charge on any atom is 0.217 e. The summed E-state index contributed by atoms with van der Waals surface area (Å²) >= 11 is 1.53. The maximum absolute atomic E-state index is 12.5. The van der Waals surface area contributed by atoms with Crippen LogP contribution in [0.3, 0.4) is 0 Å². The Hall–Kier alpha value is -1.39. The summed E-state index contributed by atoms with van der Waals surface area (Å²) in [7, 11) is -3.38. The van der Waals surface area contributed by atoms with Gasteiger partial charge in [-0.15, -0.1) is 11.3 Å². The number of hydrogen-bond acceptors (Lipinski definition) is 7. The van der Waals surface area contributed by atoms with Crippen molar-refractivity contribution in [1.82, 2.24) is 25.5 Å². The molecule has 0 aromatic carbocycles. The molecule has 3 heterocycles. The SMILES string of the molecule is CC1NNC(C)C1S(=O)(=O)NCCc1nc(-c2cccnc2)cs1. The maximum atomic E-state index is 12.5. The molecule has 24 heavy (non-hydrogen) atoms. The first-order valence-electron chi connectivity index (χ1n) is 7.82. The number of aromatic nitrogens is 2. The second-order valence-corrected chi connectivity index (χ2v) is 8.75. The lowest BCUT2D eigenvalue weighted by Crippen LogP contribution is -2.45. The van der Waals surface area contributed by atoms with Crippen LogP contribution in [0.1, 0.15) is 18.9 Å². The molecule has 2 aromatic heterocycles. The molecule has 9 heteroatoms. The van der Waals surface area contributed by atoms with Crippen LogP contribution in [0.2, 0.25) is 0 Å². The van der Waals surface area contributed by atoms with E-state index in [9.17, 15) is 8.42 Å². The summed E-state index contributed by atoms with van der Waals surface area (Å²) < 4.78 is 27.6. The van der Waals surface area contributed by atoms with Gasteiger partial charge in [0.15, 0.2) is 0 Å². The highest BCUT2D eigenvalue weighted by Gasteiger charge is 2.39. The highest BCUT2D eigenvalue weighted by atomic mass is 32.2. The molecule has 0 spiro atoms. The van der Waals surface area contributed by atoms with E-state index in [0.29, 0.717) is 13.0 Å². The molecule has 7 nitrogen and oxygen atoms in total. The van der Waals surface area contributed by atoms with Crippen molar-refractivity contribution in [2.75, 3.05) is 6.54 Å². The Labute approximate surface area is 145 Å². The molecule has 3 rings (SSSR count). The predicted molar refractivity (Wildman–Crippen MR) is 95.0 cm³/mol. The van der Waals surface area contributed by atoms with Gasteiger partial charge in [-0.2, -0.15) is 0 Å². The van der Waals surface area contributed by atoms with Crippen molar-refractivity contribution < 1.29 is 8.42 Å². The van der Waals surface area contributed by atoms with Gasteiger partial charge in [-0.05, 0) is 26.0 Å². The molecular formula is C15H21N5O2S2. The standard InChI is InChI=1S/C15H21N5O2S2/c1-10-15(11(2)20-19-10)24(21,22)17-7-5-14-18-13(9-23-14)12-4-3-6-16-8-12/h3-4,6,8-11,15,17,19-20H,5,7H2,1-2H3. The monoisotopic (exact) mass is 367 g/mol. The minimum absolute atomic E-state index is 0.130. The molecule has 0 aliphatic carbocycles. The Morgan fingerprint density at radius 1 is 1.29 bits per heavy atom. The fourth-order valence-corrected chi connectivity index (χ4v) is 5.46. The van der Waals surface area contributed by atoms with E-state index < -0.39 is 15.3 Å². The lowest BCUT2D eigenvalue weighted by atomic mass is 10.2. The van der Waals surface area contributed by atoms with E-state index in [-0.39, 0.29) is 12.1 Å². The molecule has 2 atom stereocenters. The van der Waals surface area contributed by atoms with Crippen LogP contribution in [0.4, 0.5) is 0 Å². The first-order valence-corrected chi connectivity index (χ1v) is 10.2. The van der Waals surface area contributed by atoms with Gasteiger partial charge in [0, 0.05) is 48.4 Å². The molecular weight excluding hydrogens is 346 g/mol. The number of nitrogens with zero attached hydrogens (tertiary/aromatic N) is 2. The second-order valence-electron chi connectivity index (χ2n) is 5.89. The fraction of sp³-hybridized carbons (Fsp3) is 0.467. The topological polar surface area (TPSA) is 96.0 Å². The summed E-state index contributed by atoms with van der Waals surface area (Å²) in [5, 5.41) is 2.38. The number of pyridine rings is 1. The first-order chi connectivity index (χ1) is 11.5. The van der Waals surface area contributed by atoms with Gasteiger partial charge in [-0.1, -0.05) is 0 Å². The Morgan fingerprint density at radius 2 is 2.04 bits per heavy atom. The summed E-state index contributed by atoms with van der Waals surface area (Å²) in [6, 6.07) is 3.57. The first kappa shape index (κ1) is 17.4. The molecule has 0 bridgehead atoms. The van der Waals surface area contributed by atoms with Gasteiger partial charge in [0.05, 0.1) is 10.7 Å². The van der Waals surface area contributed by atoms with Gasteiger partial charge in [0.2, 0.25) is 10.0 Å². The number of rotatable bonds is 6. The second kappa shape index (κ2) is 7.24. The Bertz CT molecular complexity index is 768. The summed E-state index contributed by atoms with van der Waals surface area (Å²) in [6.07, 6.45) is 4.06. The summed E-state index contributed by atoms with van der Waals surface area (Å²) in [5.74, 6) is 0. The molecule has 2 aromatic rings. The molecule has 0 radical (unpaired) electrons. The molecule has 0 saturated carbocycles. The minimum atomic E-state index is -3.38. The molecule has 130 valence electrons. The van der Waals surface area contributed by atoms with Crippen LogP contribution >= 0.6 is 11.3 Å². The lowest BCUT2D eigenvalue weighted by molar-refractivity contribution is 0.545. The summed E-state index contributed by atoms with van der Waals surface area (Å²) in [6.45, 7) is 4.07. The molecule has 2 unspecified atom stereocenters. The number of hydrazine groups is 1. The third kappa shape index (κ3) is 3.81. The highest BCUT2D eigenvalue weighted by molar-refractivity contribution is 7.90. The van der Waals surface area contributed by atoms with Crippen molar-refractivity contribution in [3.63, 3.8) is 0 Å². The smallest absolute Gasteiger partial charge is 0.217 e. The van der Waals surface area contributed by atoms with Crippen LogP contribution in [0.25, 0.3) is 11.3 Å². The van der Waals surface area contributed by atoms with Gasteiger partial charge in [-0.25, -0.2) is 18.1 Å². The Balaban J connectivity index is 1.58. The van der Waals surface area contributed by atoms with Crippen molar-refractivity contribution >= 4 is 21.4 Å². The van der Waals surface area contributed by atoms with E-state index in [2.05, 4.69) is 25.5 Å². The highest BCUT2D eigenvalue weighted by Crippen LogP contribution is 2.21.